The van der Waals surface area contributed by atoms with Gasteiger partial charge in [0.25, 0.3) is 0 Å². The van der Waals surface area contributed by atoms with Crippen molar-refractivity contribution in [2.45, 2.75) is 20.5 Å². The molecule has 0 bridgehead atoms. The van der Waals surface area contributed by atoms with E-state index >= 15 is 0 Å². The van der Waals surface area contributed by atoms with Crippen LogP contribution in [0.1, 0.15) is 19.4 Å². The highest BCUT2D eigenvalue weighted by Crippen LogP contribution is 2.17. The average Bonchev–Trinajstić information content (AvgIpc) is 2.61. The van der Waals surface area contributed by atoms with E-state index in [1.165, 1.54) is 0 Å². The zero-order valence-electron chi connectivity index (χ0n) is 14.1. The van der Waals surface area contributed by atoms with E-state index < -0.39 is 0 Å². The van der Waals surface area contributed by atoms with Gasteiger partial charge in [-0.05, 0) is 55.8 Å². The van der Waals surface area contributed by atoms with Crippen LogP contribution in [-0.2, 0) is 11.4 Å². The molecule has 5 heteroatoms. The van der Waals surface area contributed by atoms with E-state index in [2.05, 4.69) is 5.32 Å². The van der Waals surface area contributed by atoms with Crippen molar-refractivity contribution in [2.24, 2.45) is 0 Å². The first-order chi connectivity index (χ1) is 11.6. The molecule has 0 aliphatic carbocycles. The maximum absolute atomic E-state index is 12.0. The number of hydrogen-bond donors (Lipinski definition) is 1. The third-order valence-electron chi connectivity index (χ3n) is 3.73. The number of benzene rings is 2. The van der Waals surface area contributed by atoms with Crippen LogP contribution in [0.3, 0.4) is 0 Å². The van der Waals surface area contributed by atoms with Crippen molar-refractivity contribution in [1.29, 1.82) is 0 Å². The monoisotopic (exact) mass is 346 g/mol. The van der Waals surface area contributed by atoms with Crippen molar-refractivity contribution in [1.82, 2.24) is 4.90 Å². The summed E-state index contributed by atoms with van der Waals surface area (Å²) in [7, 11) is 0. The summed E-state index contributed by atoms with van der Waals surface area (Å²) in [5.74, 6) is 0.883. The molecule has 24 heavy (non-hydrogen) atoms. The summed E-state index contributed by atoms with van der Waals surface area (Å²) in [5.41, 5.74) is 1.96. The SMILES string of the molecule is CCN(CC)C(=O)CNc1ccc(OCc2ccc(Cl)cc2)cc1. The Bertz CT molecular complexity index is 637. The van der Waals surface area contributed by atoms with Crippen LogP contribution in [0.2, 0.25) is 5.02 Å². The number of anilines is 1. The van der Waals surface area contributed by atoms with Gasteiger partial charge in [0.05, 0.1) is 6.54 Å². The molecule has 0 saturated heterocycles. The van der Waals surface area contributed by atoms with Gasteiger partial charge in [-0.25, -0.2) is 0 Å². The number of halogens is 1. The summed E-state index contributed by atoms with van der Waals surface area (Å²) in [6.45, 7) is 6.21. The number of carbonyl (C=O) groups is 1. The molecule has 0 spiro atoms. The summed E-state index contributed by atoms with van der Waals surface area (Å²) < 4.78 is 5.74. The molecule has 0 unspecified atom stereocenters. The number of rotatable bonds is 8. The highest BCUT2D eigenvalue weighted by atomic mass is 35.5. The molecule has 0 aliphatic heterocycles. The molecule has 128 valence electrons. The van der Waals surface area contributed by atoms with E-state index in [0.29, 0.717) is 18.2 Å². The van der Waals surface area contributed by atoms with E-state index in [1.807, 2.05) is 62.4 Å². The van der Waals surface area contributed by atoms with Crippen LogP contribution >= 0.6 is 11.6 Å². The number of nitrogens with zero attached hydrogens (tertiary/aromatic N) is 1. The molecule has 0 aromatic heterocycles. The van der Waals surface area contributed by atoms with Crippen LogP contribution in [0.5, 0.6) is 5.75 Å². The fraction of sp³-hybridized carbons (Fsp3) is 0.316. The molecule has 1 N–H and O–H groups in total. The van der Waals surface area contributed by atoms with Gasteiger partial charge in [0, 0.05) is 23.8 Å². The van der Waals surface area contributed by atoms with Crippen molar-refractivity contribution in [3.8, 4) is 5.75 Å². The smallest absolute Gasteiger partial charge is 0.241 e. The normalized spacial score (nSPS) is 10.3. The molecule has 0 aliphatic rings. The van der Waals surface area contributed by atoms with Crippen LogP contribution in [0, 0.1) is 0 Å². The Hall–Kier alpha value is -2.20. The summed E-state index contributed by atoms with van der Waals surface area (Å²) in [5, 5.41) is 3.86. The molecule has 0 heterocycles. The lowest BCUT2D eigenvalue weighted by Gasteiger charge is -2.19. The Balaban J connectivity index is 1.82. The van der Waals surface area contributed by atoms with Gasteiger partial charge in [0.15, 0.2) is 0 Å². The Morgan fingerprint density at radius 1 is 1.04 bits per heavy atom. The minimum Gasteiger partial charge on any atom is -0.489 e. The first-order valence-corrected chi connectivity index (χ1v) is 8.49. The number of carbonyl (C=O) groups excluding carboxylic acids is 1. The largest absolute Gasteiger partial charge is 0.489 e. The third-order valence-corrected chi connectivity index (χ3v) is 3.98. The van der Waals surface area contributed by atoms with Crippen LogP contribution < -0.4 is 10.1 Å². The van der Waals surface area contributed by atoms with Gasteiger partial charge in [-0.1, -0.05) is 23.7 Å². The Morgan fingerprint density at radius 2 is 1.67 bits per heavy atom. The molecule has 4 nitrogen and oxygen atoms in total. The number of likely N-dealkylation sites (N-methyl/N-ethyl adjacent to an activating group) is 1. The minimum atomic E-state index is 0.100. The molecule has 2 aromatic rings. The first-order valence-electron chi connectivity index (χ1n) is 8.11. The lowest BCUT2D eigenvalue weighted by Crippen LogP contribution is -2.35. The predicted molar refractivity (Wildman–Crippen MR) is 98.6 cm³/mol. The van der Waals surface area contributed by atoms with Crippen LogP contribution in [0.4, 0.5) is 5.69 Å². The highest BCUT2D eigenvalue weighted by molar-refractivity contribution is 6.30. The average molecular weight is 347 g/mol. The third kappa shape index (κ3) is 5.46. The van der Waals surface area contributed by atoms with Gasteiger partial charge in [-0.3, -0.25) is 4.79 Å². The quantitative estimate of drug-likeness (QED) is 0.778. The Kier molecular flexibility index (Phi) is 6.94. The second kappa shape index (κ2) is 9.18. The molecule has 2 rings (SSSR count). The summed E-state index contributed by atoms with van der Waals surface area (Å²) in [6, 6.07) is 15.2. The van der Waals surface area contributed by atoms with Crippen molar-refractivity contribution < 1.29 is 9.53 Å². The zero-order chi connectivity index (χ0) is 17.4. The van der Waals surface area contributed by atoms with Crippen LogP contribution in [0.15, 0.2) is 48.5 Å². The zero-order valence-corrected chi connectivity index (χ0v) is 14.8. The van der Waals surface area contributed by atoms with E-state index in [-0.39, 0.29) is 5.91 Å². The molecule has 0 atom stereocenters. The Labute approximate surface area is 148 Å². The molecular formula is C19H23ClN2O2. The van der Waals surface area contributed by atoms with Crippen LogP contribution in [0.25, 0.3) is 0 Å². The molecule has 1 amide bonds. The van der Waals surface area contributed by atoms with E-state index in [0.717, 1.165) is 30.1 Å². The van der Waals surface area contributed by atoms with Crippen molar-refractivity contribution in [2.75, 3.05) is 25.0 Å². The summed E-state index contributed by atoms with van der Waals surface area (Å²) >= 11 is 5.86. The number of nitrogens with one attached hydrogen (secondary N) is 1. The molecule has 0 radical (unpaired) electrons. The molecular weight excluding hydrogens is 324 g/mol. The number of ether oxygens (including phenoxy) is 1. The van der Waals surface area contributed by atoms with Crippen LogP contribution in [-0.4, -0.2) is 30.4 Å². The molecule has 2 aromatic carbocycles. The van der Waals surface area contributed by atoms with E-state index in [1.54, 1.807) is 4.90 Å². The van der Waals surface area contributed by atoms with Gasteiger partial charge >= 0.3 is 0 Å². The number of amides is 1. The summed E-state index contributed by atoms with van der Waals surface area (Å²) in [6.07, 6.45) is 0. The number of hydrogen-bond acceptors (Lipinski definition) is 3. The van der Waals surface area contributed by atoms with Crippen molar-refractivity contribution in [3.63, 3.8) is 0 Å². The van der Waals surface area contributed by atoms with Gasteiger partial charge in [0.1, 0.15) is 12.4 Å². The lowest BCUT2D eigenvalue weighted by atomic mass is 10.2. The molecule has 0 fully saturated rings. The van der Waals surface area contributed by atoms with Gasteiger partial charge < -0.3 is 15.0 Å². The Morgan fingerprint density at radius 3 is 2.25 bits per heavy atom. The summed E-state index contributed by atoms with van der Waals surface area (Å²) in [4.78, 5) is 13.8. The van der Waals surface area contributed by atoms with Crippen molar-refractivity contribution >= 4 is 23.2 Å². The van der Waals surface area contributed by atoms with Gasteiger partial charge in [0.2, 0.25) is 5.91 Å². The first kappa shape index (κ1) is 18.1. The van der Waals surface area contributed by atoms with Gasteiger partial charge in [-0.2, -0.15) is 0 Å². The minimum absolute atomic E-state index is 0.100. The van der Waals surface area contributed by atoms with Gasteiger partial charge in [-0.15, -0.1) is 0 Å². The molecule has 0 saturated carbocycles. The van der Waals surface area contributed by atoms with Crippen molar-refractivity contribution in [3.05, 3.63) is 59.1 Å². The van der Waals surface area contributed by atoms with E-state index in [4.69, 9.17) is 16.3 Å². The maximum Gasteiger partial charge on any atom is 0.241 e. The lowest BCUT2D eigenvalue weighted by molar-refractivity contribution is -0.128. The second-order valence-corrected chi connectivity index (χ2v) is 5.80. The maximum atomic E-state index is 12.0. The fourth-order valence-corrected chi connectivity index (χ4v) is 2.41. The highest BCUT2D eigenvalue weighted by Gasteiger charge is 2.08. The fourth-order valence-electron chi connectivity index (χ4n) is 2.28. The topological polar surface area (TPSA) is 41.6 Å². The van der Waals surface area contributed by atoms with E-state index in [9.17, 15) is 4.79 Å². The predicted octanol–water partition coefficient (Wildman–Crippen LogP) is 4.20. The second-order valence-electron chi connectivity index (χ2n) is 5.36. The standard InChI is InChI=1S/C19H23ClN2O2/c1-3-22(4-2)19(23)13-21-17-9-11-18(12-10-17)24-14-15-5-7-16(20)8-6-15/h5-12,21H,3-4,13-14H2,1-2H3.